The molecule has 284 valence electrons. The second kappa shape index (κ2) is 22.6. The molecule has 0 bridgehead atoms. The van der Waals surface area contributed by atoms with Crippen molar-refractivity contribution in [3.63, 3.8) is 0 Å². The van der Waals surface area contributed by atoms with Crippen molar-refractivity contribution >= 4 is 57.3 Å². The molecule has 0 radical (unpaired) electrons. The highest BCUT2D eigenvalue weighted by Gasteiger charge is 2.16. The van der Waals surface area contributed by atoms with Crippen LogP contribution in [-0.4, -0.2) is 96.4 Å². The maximum Gasteiger partial charge on any atom is 0.205 e. The van der Waals surface area contributed by atoms with Crippen molar-refractivity contribution in [2.75, 3.05) is 96.8 Å². The van der Waals surface area contributed by atoms with Crippen LogP contribution in [0.2, 0.25) is 0 Å². The molecule has 0 N–H and O–H groups in total. The van der Waals surface area contributed by atoms with Crippen molar-refractivity contribution in [1.29, 1.82) is 0 Å². The Morgan fingerprint density at radius 3 is 1.53 bits per heavy atom. The van der Waals surface area contributed by atoms with Gasteiger partial charge in [-0.1, -0.05) is 45.9 Å². The number of hydrogen-bond acceptors (Lipinski definition) is 5. The molecular formula is C45H65N6S2+3. The first-order valence-electron chi connectivity index (χ1n) is 19.2. The summed E-state index contributed by atoms with van der Waals surface area (Å²) in [6.45, 7) is 6.82. The van der Waals surface area contributed by atoms with Crippen molar-refractivity contribution in [2.24, 2.45) is 0 Å². The van der Waals surface area contributed by atoms with Crippen molar-refractivity contribution in [2.45, 2.75) is 38.8 Å². The SMILES string of the molecule is CN(CCCC[n+]1ccccc1/C=C/c1ccc(N(C)C)cc1)CCSSCC[N+](C)(C)CCCC[n+]1ccccc1/C=C/c1ccc(N(C)C)cc1. The molecule has 2 aromatic heterocycles. The average Bonchev–Trinajstić information content (AvgIpc) is 3.16. The van der Waals surface area contributed by atoms with Crippen LogP contribution in [0.4, 0.5) is 11.4 Å². The lowest BCUT2D eigenvalue weighted by atomic mass is 10.1. The van der Waals surface area contributed by atoms with Gasteiger partial charge in [-0.05, 0) is 79.7 Å². The van der Waals surface area contributed by atoms with Crippen LogP contribution < -0.4 is 18.9 Å². The number of nitrogens with zero attached hydrogens (tertiary/aromatic N) is 6. The maximum atomic E-state index is 2.50. The highest BCUT2D eigenvalue weighted by atomic mass is 33.1. The number of aryl methyl sites for hydroxylation is 2. The highest BCUT2D eigenvalue weighted by molar-refractivity contribution is 8.76. The van der Waals surface area contributed by atoms with Crippen molar-refractivity contribution < 1.29 is 13.6 Å². The molecule has 0 aliphatic carbocycles. The van der Waals surface area contributed by atoms with Crippen LogP contribution in [0.5, 0.6) is 0 Å². The Bertz CT molecular complexity index is 1680. The van der Waals surface area contributed by atoms with Gasteiger partial charge in [-0.15, -0.1) is 0 Å². The lowest BCUT2D eigenvalue weighted by Crippen LogP contribution is -2.43. The summed E-state index contributed by atoms with van der Waals surface area (Å²) in [6.07, 6.45) is 18.1. The summed E-state index contributed by atoms with van der Waals surface area (Å²) in [6, 6.07) is 30.4. The van der Waals surface area contributed by atoms with Gasteiger partial charge in [0, 0.05) is 108 Å². The molecule has 0 saturated carbocycles. The fraction of sp³-hybridized carbons (Fsp3) is 0.422. The molecule has 0 aliphatic heterocycles. The molecule has 0 atom stereocenters. The largest absolute Gasteiger partial charge is 0.378 e. The zero-order chi connectivity index (χ0) is 37.9. The van der Waals surface area contributed by atoms with Crippen LogP contribution >= 0.6 is 21.6 Å². The summed E-state index contributed by atoms with van der Waals surface area (Å²) in [5.74, 6) is 2.38. The first kappa shape index (κ1) is 42.2. The van der Waals surface area contributed by atoms with E-state index in [2.05, 4.69) is 195 Å². The van der Waals surface area contributed by atoms with E-state index < -0.39 is 0 Å². The fourth-order valence-corrected chi connectivity index (χ4v) is 8.47. The zero-order valence-electron chi connectivity index (χ0n) is 33.5. The van der Waals surface area contributed by atoms with E-state index in [0.717, 1.165) is 30.7 Å². The minimum atomic E-state index is 1.04. The van der Waals surface area contributed by atoms with Crippen LogP contribution in [0.15, 0.2) is 97.3 Å². The second-order valence-electron chi connectivity index (χ2n) is 15.0. The number of rotatable bonds is 23. The van der Waals surface area contributed by atoms with E-state index in [1.807, 2.05) is 21.6 Å². The average molecular weight is 754 g/mol. The number of benzene rings is 2. The smallest absolute Gasteiger partial charge is 0.205 e. The van der Waals surface area contributed by atoms with Gasteiger partial charge in [0.15, 0.2) is 12.4 Å². The van der Waals surface area contributed by atoms with E-state index in [4.69, 9.17) is 0 Å². The minimum Gasteiger partial charge on any atom is -0.378 e. The molecule has 2 aromatic carbocycles. The lowest BCUT2D eigenvalue weighted by molar-refractivity contribution is -0.888. The van der Waals surface area contributed by atoms with E-state index in [-0.39, 0.29) is 0 Å². The first-order valence-corrected chi connectivity index (χ1v) is 21.7. The molecule has 0 fully saturated rings. The molecule has 53 heavy (non-hydrogen) atoms. The predicted octanol–water partition coefficient (Wildman–Crippen LogP) is 8.38. The van der Waals surface area contributed by atoms with Crippen LogP contribution in [0.1, 0.15) is 48.2 Å². The minimum absolute atomic E-state index is 1.04. The number of aromatic nitrogens is 2. The highest BCUT2D eigenvalue weighted by Crippen LogP contribution is 2.22. The van der Waals surface area contributed by atoms with E-state index in [0.29, 0.717) is 0 Å². The number of hydrogen-bond donors (Lipinski definition) is 0. The Balaban J connectivity index is 1.05. The molecule has 0 amide bonds. The van der Waals surface area contributed by atoms with Gasteiger partial charge in [0.1, 0.15) is 13.1 Å². The van der Waals surface area contributed by atoms with Crippen LogP contribution in [0, 0.1) is 0 Å². The molecular weight excluding hydrogens is 689 g/mol. The summed E-state index contributed by atoms with van der Waals surface area (Å²) < 4.78 is 5.85. The summed E-state index contributed by atoms with van der Waals surface area (Å²) in [7, 11) is 19.4. The van der Waals surface area contributed by atoms with Crippen LogP contribution in [0.25, 0.3) is 24.3 Å². The molecule has 4 aromatic rings. The Morgan fingerprint density at radius 2 is 1.02 bits per heavy atom. The number of anilines is 2. The number of pyridine rings is 2. The molecule has 4 rings (SSSR count). The molecule has 6 nitrogen and oxygen atoms in total. The summed E-state index contributed by atoms with van der Waals surface area (Å²) in [5.41, 5.74) is 7.40. The van der Waals surface area contributed by atoms with Gasteiger partial charge in [-0.2, -0.15) is 9.13 Å². The van der Waals surface area contributed by atoms with Crippen molar-refractivity contribution in [3.8, 4) is 0 Å². The Morgan fingerprint density at radius 1 is 0.528 bits per heavy atom. The molecule has 0 aliphatic rings. The molecule has 8 heteroatoms. The van der Waals surface area contributed by atoms with Gasteiger partial charge in [-0.25, -0.2) is 0 Å². The summed E-state index contributed by atoms with van der Waals surface area (Å²) in [5, 5.41) is 0. The van der Waals surface area contributed by atoms with E-state index in [9.17, 15) is 0 Å². The van der Waals surface area contributed by atoms with E-state index in [1.54, 1.807) is 0 Å². The monoisotopic (exact) mass is 753 g/mol. The second-order valence-corrected chi connectivity index (χ2v) is 17.7. The van der Waals surface area contributed by atoms with Gasteiger partial charge in [0.05, 0.1) is 32.9 Å². The fourth-order valence-electron chi connectivity index (χ4n) is 6.12. The maximum absolute atomic E-state index is 2.50. The zero-order valence-corrected chi connectivity index (χ0v) is 35.2. The van der Waals surface area contributed by atoms with Gasteiger partial charge < -0.3 is 19.2 Å². The third kappa shape index (κ3) is 15.8. The topological polar surface area (TPSA) is 17.5 Å². The van der Waals surface area contributed by atoms with Gasteiger partial charge in [0.2, 0.25) is 11.4 Å². The van der Waals surface area contributed by atoms with E-state index in [1.165, 1.54) is 84.2 Å². The Kier molecular flexibility index (Phi) is 18.0. The third-order valence-electron chi connectivity index (χ3n) is 9.68. The standard InChI is InChI=1S/C45H65N6S2/c1-46(2)42-24-18-40(19-25-42)22-28-44-16-8-10-31-49(44)33-13-12-30-48(5)35-38-52-53-39-37-51(6,7)36-15-14-34-50-32-11-9-17-45(50)29-23-41-20-26-43(27-21-41)47(3)4/h8-11,16-29,31-32H,12-15,30,33-39H2,1-7H3/q+3. The first-order chi connectivity index (χ1) is 25.6. The van der Waals surface area contributed by atoms with Crippen LogP contribution in [0.3, 0.4) is 0 Å². The molecule has 2 heterocycles. The van der Waals surface area contributed by atoms with Gasteiger partial charge in [-0.3, -0.25) is 0 Å². The molecule has 0 spiro atoms. The van der Waals surface area contributed by atoms with Gasteiger partial charge in [0.25, 0.3) is 0 Å². The predicted molar refractivity (Wildman–Crippen MR) is 235 cm³/mol. The lowest BCUT2D eigenvalue weighted by Gasteiger charge is -2.29. The molecule has 0 unspecified atom stereocenters. The number of unbranched alkanes of at least 4 members (excludes halogenated alkanes) is 2. The number of quaternary nitrogens is 1. The summed E-state index contributed by atoms with van der Waals surface area (Å²) in [4.78, 5) is 6.76. The normalized spacial score (nSPS) is 12.0. The van der Waals surface area contributed by atoms with Gasteiger partial charge >= 0.3 is 0 Å². The quantitative estimate of drug-likeness (QED) is 0.0327. The van der Waals surface area contributed by atoms with Crippen LogP contribution in [-0.2, 0) is 13.1 Å². The Labute approximate surface area is 329 Å². The molecule has 0 saturated heterocycles. The van der Waals surface area contributed by atoms with E-state index >= 15 is 0 Å². The van der Waals surface area contributed by atoms with Crippen molar-refractivity contribution in [3.05, 3.63) is 120 Å². The summed E-state index contributed by atoms with van der Waals surface area (Å²) >= 11 is 0. The Hall–Kier alpha value is -3.56. The van der Waals surface area contributed by atoms with Crippen molar-refractivity contribution in [1.82, 2.24) is 4.90 Å². The third-order valence-corrected chi connectivity index (χ3v) is 12.0.